The first-order valence-corrected chi connectivity index (χ1v) is 13.2. The molecule has 3 fully saturated rings. The number of ether oxygens (including phenoxy) is 2. The minimum absolute atomic E-state index is 0.201. The molecule has 1 unspecified atom stereocenters. The van der Waals surface area contributed by atoms with E-state index in [1.807, 2.05) is 0 Å². The number of piperidine rings is 1. The molecule has 2 saturated carbocycles. The third kappa shape index (κ3) is 2.90. The molecule has 1 spiro atoms. The van der Waals surface area contributed by atoms with E-state index < -0.39 is 6.10 Å². The van der Waals surface area contributed by atoms with E-state index in [0.29, 0.717) is 24.8 Å². The van der Waals surface area contributed by atoms with Gasteiger partial charge < -0.3 is 19.7 Å². The van der Waals surface area contributed by atoms with Crippen LogP contribution in [-0.2, 0) is 23.0 Å². The van der Waals surface area contributed by atoms with Gasteiger partial charge in [-0.2, -0.15) is 0 Å². The molecule has 3 aliphatic carbocycles. The van der Waals surface area contributed by atoms with Gasteiger partial charge in [0, 0.05) is 24.8 Å². The first kappa shape index (κ1) is 21.2. The summed E-state index contributed by atoms with van der Waals surface area (Å²) in [7, 11) is 0. The standard InChI is InChI=1S/C29H35NO4/c31-22-11-10-21-17-24-29(33-16-4-7-19-5-2-1-3-6-19)13-12-23(32)27-28(29,25(21)26(22)34-27)14-15-30(24)18-20-8-9-20/h1-3,5-6,10-11,20,23-24,27,31-32H,4,7-9,12-18H2/t23-,24+,27-,28-,29?/m0/s1. The monoisotopic (exact) mass is 461 g/mol. The summed E-state index contributed by atoms with van der Waals surface area (Å²) in [5.41, 5.74) is 3.00. The summed E-state index contributed by atoms with van der Waals surface area (Å²) in [6, 6.07) is 14.8. The summed E-state index contributed by atoms with van der Waals surface area (Å²) in [4.78, 5) is 2.71. The fraction of sp³-hybridized carbons (Fsp3) is 0.586. The molecule has 2 aromatic rings. The van der Waals surface area contributed by atoms with Crippen LogP contribution >= 0.6 is 0 Å². The van der Waals surface area contributed by atoms with Crippen molar-refractivity contribution in [1.29, 1.82) is 0 Å². The van der Waals surface area contributed by atoms with Crippen molar-refractivity contribution in [2.45, 2.75) is 80.6 Å². The molecule has 2 aliphatic heterocycles. The Bertz CT molecular complexity index is 1090. The molecule has 5 nitrogen and oxygen atoms in total. The molecule has 0 aromatic heterocycles. The fourth-order valence-electron chi connectivity index (χ4n) is 7.90. The summed E-state index contributed by atoms with van der Waals surface area (Å²) >= 11 is 0. The van der Waals surface area contributed by atoms with Gasteiger partial charge in [0.2, 0.25) is 0 Å². The van der Waals surface area contributed by atoms with E-state index in [2.05, 4.69) is 41.3 Å². The molecule has 2 aromatic carbocycles. The number of hydrogen-bond acceptors (Lipinski definition) is 5. The quantitative estimate of drug-likeness (QED) is 0.611. The highest BCUT2D eigenvalue weighted by Gasteiger charge is 2.74. The van der Waals surface area contributed by atoms with Gasteiger partial charge in [-0.1, -0.05) is 36.4 Å². The molecule has 0 radical (unpaired) electrons. The van der Waals surface area contributed by atoms with Crippen molar-refractivity contribution < 1.29 is 19.7 Å². The van der Waals surface area contributed by atoms with Gasteiger partial charge in [-0.15, -0.1) is 0 Å². The number of aliphatic hydroxyl groups is 1. The molecule has 5 atom stereocenters. The van der Waals surface area contributed by atoms with Gasteiger partial charge in [0.1, 0.15) is 6.10 Å². The zero-order valence-electron chi connectivity index (χ0n) is 19.8. The van der Waals surface area contributed by atoms with Gasteiger partial charge in [-0.3, -0.25) is 4.90 Å². The molecule has 7 rings (SSSR count). The maximum absolute atomic E-state index is 11.2. The molecule has 1 saturated heterocycles. The third-order valence-electron chi connectivity index (χ3n) is 9.50. The van der Waals surface area contributed by atoms with E-state index in [9.17, 15) is 10.2 Å². The first-order valence-electron chi connectivity index (χ1n) is 13.2. The number of aromatic hydroxyl groups is 1. The minimum atomic E-state index is -0.533. The Balaban J connectivity index is 1.28. The Hall–Kier alpha value is -2.08. The van der Waals surface area contributed by atoms with Gasteiger partial charge in [-0.05, 0) is 81.0 Å². The van der Waals surface area contributed by atoms with Gasteiger partial charge in [0.25, 0.3) is 0 Å². The largest absolute Gasteiger partial charge is 0.504 e. The molecular weight excluding hydrogens is 426 g/mol. The summed E-state index contributed by atoms with van der Waals surface area (Å²) < 4.78 is 13.6. The van der Waals surface area contributed by atoms with Gasteiger partial charge in [-0.25, -0.2) is 0 Å². The molecule has 34 heavy (non-hydrogen) atoms. The zero-order chi connectivity index (χ0) is 22.9. The van der Waals surface area contributed by atoms with Crippen LogP contribution in [0.4, 0.5) is 0 Å². The SMILES string of the molecule is Oc1ccc2c3c1O[C@H]1[C@@H](O)CCC4(OCCCc5ccccc5)[C@@H](C2)N(CC2CC2)CC[C@]314. The Morgan fingerprint density at radius 3 is 2.74 bits per heavy atom. The molecule has 2 bridgehead atoms. The number of rotatable bonds is 7. The van der Waals surface area contributed by atoms with Crippen LogP contribution in [-0.4, -0.2) is 58.7 Å². The summed E-state index contributed by atoms with van der Waals surface area (Å²) in [6.45, 7) is 2.87. The zero-order valence-corrected chi connectivity index (χ0v) is 19.8. The molecular formula is C29H35NO4. The predicted octanol–water partition coefficient (Wildman–Crippen LogP) is 3.97. The number of phenols is 1. The van der Waals surface area contributed by atoms with Crippen LogP contribution in [0.3, 0.4) is 0 Å². The number of likely N-dealkylation sites (tertiary alicyclic amines) is 1. The molecule has 5 aliphatic rings. The second-order valence-corrected chi connectivity index (χ2v) is 11.3. The van der Waals surface area contributed by atoms with E-state index in [1.165, 1.54) is 24.0 Å². The van der Waals surface area contributed by atoms with Crippen molar-refractivity contribution in [2.24, 2.45) is 5.92 Å². The van der Waals surface area contributed by atoms with Crippen LogP contribution < -0.4 is 4.74 Å². The number of benzene rings is 2. The average molecular weight is 462 g/mol. The highest BCUT2D eigenvalue weighted by atomic mass is 16.5. The number of hydrogen-bond donors (Lipinski definition) is 2. The van der Waals surface area contributed by atoms with Crippen molar-refractivity contribution in [1.82, 2.24) is 4.90 Å². The minimum Gasteiger partial charge on any atom is -0.504 e. The molecule has 0 amide bonds. The lowest BCUT2D eigenvalue weighted by Gasteiger charge is -2.65. The second-order valence-electron chi connectivity index (χ2n) is 11.3. The van der Waals surface area contributed by atoms with Crippen LogP contribution in [0.2, 0.25) is 0 Å². The Kier molecular flexibility index (Phi) is 4.81. The third-order valence-corrected chi connectivity index (χ3v) is 9.50. The van der Waals surface area contributed by atoms with Crippen LogP contribution in [0.5, 0.6) is 11.5 Å². The number of aliphatic hydroxyl groups excluding tert-OH is 1. The molecule has 5 heteroatoms. The van der Waals surface area contributed by atoms with Crippen LogP contribution in [0.15, 0.2) is 42.5 Å². The maximum atomic E-state index is 11.2. The van der Waals surface area contributed by atoms with Crippen molar-refractivity contribution in [3.63, 3.8) is 0 Å². The van der Waals surface area contributed by atoms with Crippen LogP contribution in [0.25, 0.3) is 0 Å². The van der Waals surface area contributed by atoms with Crippen molar-refractivity contribution in [3.05, 3.63) is 59.2 Å². The number of nitrogens with zero attached hydrogens (tertiary/aromatic N) is 1. The fourth-order valence-corrected chi connectivity index (χ4v) is 7.90. The normalized spacial score (nSPS) is 35.6. The van der Waals surface area contributed by atoms with E-state index in [1.54, 1.807) is 6.07 Å². The van der Waals surface area contributed by atoms with Crippen LogP contribution in [0.1, 0.15) is 55.2 Å². The van der Waals surface area contributed by atoms with Crippen molar-refractivity contribution in [3.8, 4) is 11.5 Å². The Labute approximate surface area is 201 Å². The number of phenolic OH excluding ortho intramolecular Hbond substituents is 1. The highest BCUT2D eigenvalue weighted by molar-refractivity contribution is 5.62. The molecule has 180 valence electrons. The first-order chi connectivity index (χ1) is 16.6. The lowest BCUT2D eigenvalue weighted by Crippen LogP contribution is -2.78. The summed E-state index contributed by atoms with van der Waals surface area (Å²) in [5.74, 6) is 1.63. The smallest absolute Gasteiger partial charge is 0.165 e. The molecule has 2 N–H and O–H groups in total. The highest BCUT2D eigenvalue weighted by Crippen LogP contribution is 2.66. The maximum Gasteiger partial charge on any atom is 0.165 e. The van der Waals surface area contributed by atoms with E-state index in [4.69, 9.17) is 9.47 Å². The average Bonchev–Trinajstić information content (AvgIpc) is 3.59. The van der Waals surface area contributed by atoms with E-state index >= 15 is 0 Å². The predicted molar refractivity (Wildman–Crippen MR) is 129 cm³/mol. The molecule has 2 heterocycles. The van der Waals surface area contributed by atoms with Gasteiger partial charge in [0.05, 0.1) is 17.1 Å². The van der Waals surface area contributed by atoms with Gasteiger partial charge >= 0.3 is 0 Å². The summed E-state index contributed by atoms with van der Waals surface area (Å²) in [6.07, 6.45) is 7.18. The topological polar surface area (TPSA) is 62.2 Å². The van der Waals surface area contributed by atoms with Gasteiger partial charge in [0.15, 0.2) is 11.5 Å². The lowest BCUT2D eigenvalue weighted by atomic mass is 9.48. The summed E-state index contributed by atoms with van der Waals surface area (Å²) in [5, 5.41) is 21.9. The van der Waals surface area contributed by atoms with Crippen molar-refractivity contribution >= 4 is 0 Å². The Morgan fingerprint density at radius 2 is 1.91 bits per heavy atom. The van der Waals surface area contributed by atoms with Crippen molar-refractivity contribution in [2.75, 3.05) is 19.7 Å². The van der Waals surface area contributed by atoms with Crippen LogP contribution in [0, 0.1) is 5.92 Å². The van der Waals surface area contributed by atoms with E-state index in [0.717, 1.165) is 56.7 Å². The number of aryl methyl sites for hydroxylation is 1. The van der Waals surface area contributed by atoms with E-state index in [-0.39, 0.29) is 22.9 Å². The lowest BCUT2D eigenvalue weighted by molar-refractivity contribution is -0.233. The second kappa shape index (κ2) is 7.71. The Morgan fingerprint density at radius 1 is 1.06 bits per heavy atom.